The summed E-state index contributed by atoms with van der Waals surface area (Å²) in [7, 11) is -2.13. The second-order valence-corrected chi connectivity index (χ2v) is 15.0. The number of ether oxygens (including phenoxy) is 1. The molecular formula is C24H34N6O3Si. The van der Waals surface area contributed by atoms with E-state index in [1.807, 2.05) is 22.8 Å². The summed E-state index contributed by atoms with van der Waals surface area (Å²) in [6.45, 7) is 13.1. The first-order chi connectivity index (χ1) is 16.0. The summed E-state index contributed by atoms with van der Waals surface area (Å²) in [5, 5.41) is 2.87. The maximum absolute atomic E-state index is 12.7. The number of fused-ring (bicyclic) bond motifs is 1. The minimum absolute atomic E-state index is 0.0234. The summed E-state index contributed by atoms with van der Waals surface area (Å²) in [6.07, 6.45) is 2.88. The molecule has 1 fully saturated rings. The van der Waals surface area contributed by atoms with E-state index in [0.717, 1.165) is 6.42 Å². The molecule has 1 aliphatic rings. The summed E-state index contributed by atoms with van der Waals surface area (Å²) < 4.78 is 15.0. The molecule has 0 bridgehead atoms. The van der Waals surface area contributed by atoms with Gasteiger partial charge in [-0.1, -0.05) is 45.9 Å². The first-order valence-electron chi connectivity index (χ1n) is 11.7. The van der Waals surface area contributed by atoms with E-state index in [2.05, 4.69) is 61.1 Å². The highest BCUT2D eigenvalue weighted by molar-refractivity contribution is 6.74. The third-order valence-corrected chi connectivity index (χ3v) is 11.4. The number of rotatable bonds is 6. The van der Waals surface area contributed by atoms with Gasteiger partial charge >= 0.3 is 0 Å². The molecule has 0 saturated carbocycles. The maximum Gasteiger partial charge on any atom is 0.256 e. The molecule has 34 heavy (non-hydrogen) atoms. The number of amides is 1. The van der Waals surface area contributed by atoms with Gasteiger partial charge in [-0.2, -0.15) is 0 Å². The minimum Gasteiger partial charge on any atom is -0.408 e. The zero-order valence-corrected chi connectivity index (χ0v) is 21.6. The number of benzene rings is 1. The predicted octanol–water partition coefficient (Wildman–Crippen LogP) is 4.10. The first-order valence-corrected chi connectivity index (χ1v) is 14.6. The van der Waals surface area contributed by atoms with Crippen LogP contribution in [0.3, 0.4) is 0 Å². The molecule has 2 aromatic heterocycles. The quantitative estimate of drug-likeness (QED) is 0.508. The fourth-order valence-corrected chi connectivity index (χ4v) is 5.20. The Hall–Kier alpha value is -2.66. The molecule has 4 atom stereocenters. The smallest absolute Gasteiger partial charge is 0.256 e. The summed E-state index contributed by atoms with van der Waals surface area (Å²) in [5.41, 5.74) is 8.20. The van der Waals surface area contributed by atoms with Gasteiger partial charge in [-0.15, -0.1) is 0 Å². The van der Waals surface area contributed by atoms with Gasteiger partial charge in [-0.25, -0.2) is 15.0 Å². The predicted molar refractivity (Wildman–Crippen MR) is 134 cm³/mol. The maximum atomic E-state index is 12.7. The molecule has 1 aliphatic heterocycles. The molecule has 3 aromatic rings. The second kappa shape index (κ2) is 9.18. The molecule has 182 valence electrons. The average molecular weight is 483 g/mol. The minimum atomic E-state index is -2.13. The van der Waals surface area contributed by atoms with Gasteiger partial charge in [-0.05, 0) is 36.7 Å². The van der Waals surface area contributed by atoms with E-state index >= 15 is 0 Å². The standard InChI is InChI=1S/C24H34N6O3Si/c1-7-16-17(25)19(33-34(5,6)24(2,3)4)23(32-16)30-14-28-18-20(26-13-27-21(18)30)29-22(31)15-11-9-8-10-12-15/h8-14,16-17,19,23H,7,25H2,1-6H3,(H,26,27,29,31)/t16-,17+,19?,23-/m1/s1. The number of nitrogens with one attached hydrogen (secondary N) is 1. The molecule has 1 saturated heterocycles. The molecule has 1 aromatic carbocycles. The van der Waals surface area contributed by atoms with E-state index in [-0.39, 0.29) is 29.2 Å². The van der Waals surface area contributed by atoms with Gasteiger partial charge in [0.15, 0.2) is 31.5 Å². The van der Waals surface area contributed by atoms with Crippen LogP contribution in [-0.4, -0.2) is 52.0 Å². The van der Waals surface area contributed by atoms with Crippen molar-refractivity contribution in [3.8, 4) is 0 Å². The third-order valence-electron chi connectivity index (χ3n) is 6.94. The zero-order valence-electron chi connectivity index (χ0n) is 20.6. The highest BCUT2D eigenvalue weighted by Gasteiger charge is 2.49. The van der Waals surface area contributed by atoms with E-state index in [4.69, 9.17) is 14.9 Å². The normalized spacial score (nSPS) is 23.4. The Balaban J connectivity index is 1.68. The topological polar surface area (TPSA) is 117 Å². The number of nitrogens with two attached hydrogens (primary N) is 1. The number of imidazole rings is 1. The van der Waals surface area contributed by atoms with Crippen LogP contribution in [0.5, 0.6) is 0 Å². The highest BCUT2D eigenvalue weighted by Crippen LogP contribution is 2.42. The van der Waals surface area contributed by atoms with Gasteiger partial charge in [0.25, 0.3) is 5.91 Å². The number of aromatic nitrogens is 4. The monoisotopic (exact) mass is 482 g/mol. The summed E-state index contributed by atoms with van der Waals surface area (Å²) in [6, 6.07) is 8.70. The lowest BCUT2D eigenvalue weighted by atomic mass is 10.1. The molecule has 1 unspecified atom stereocenters. The average Bonchev–Trinajstić information content (AvgIpc) is 3.35. The third kappa shape index (κ3) is 4.50. The van der Waals surface area contributed by atoms with Crippen molar-refractivity contribution in [3.63, 3.8) is 0 Å². The molecule has 9 nitrogen and oxygen atoms in total. The van der Waals surface area contributed by atoms with Crippen LogP contribution in [-0.2, 0) is 9.16 Å². The Morgan fingerprint density at radius 1 is 1.21 bits per heavy atom. The number of anilines is 1. The van der Waals surface area contributed by atoms with Gasteiger partial charge in [0.1, 0.15) is 12.4 Å². The first kappa shape index (κ1) is 24.5. The molecular weight excluding hydrogens is 448 g/mol. The van der Waals surface area contributed by atoms with E-state index < -0.39 is 14.5 Å². The Labute approximate surface area is 201 Å². The van der Waals surface area contributed by atoms with Crippen molar-refractivity contribution < 1.29 is 14.0 Å². The van der Waals surface area contributed by atoms with Gasteiger partial charge in [0.05, 0.1) is 18.5 Å². The number of carbonyl (C=O) groups excluding carboxylic acids is 1. The summed E-state index contributed by atoms with van der Waals surface area (Å²) in [4.78, 5) is 25.9. The van der Waals surface area contributed by atoms with Crippen molar-refractivity contribution >= 4 is 31.2 Å². The molecule has 0 aliphatic carbocycles. The van der Waals surface area contributed by atoms with Crippen LogP contribution < -0.4 is 11.1 Å². The van der Waals surface area contributed by atoms with Crippen LogP contribution in [0.25, 0.3) is 11.2 Å². The van der Waals surface area contributed by atoms with Gasteiger partial charge in [-0.3, -0.25) is 9.36 Å². The molecule has 4 rings (SSSR count). The van der Waals surface area contributed by atoms with Gasteiger partial charge < -0.3 is 20.2 Å². The van der Waals surface area contributed by atoms with Crippen molar-refractivity contribution in [1.29, 1.82) is 0 Å². The molecule has 3 heterocycles. The molecule has 3 N–H and O–H groups in total. The van der Waals surface area contributed by atoms with Crippen molar-refractivity contribution in [2.24, 2.45) is 5.73 Å². The lowest BCUT2D eigenvalue weighted by molar-refractivity contribution is -0.0321. The van der Waals surface area contributed by atoms with Crippen molar-refractivity contribution in [2.45, 2.75) is 76.7 Å². The lowest BCUT2D eigenvalue weighted by Crippen LogP contribution is -2.51. The highest BCUT2D eigenvalue weighted by atomic mass is 28.4. The number of hydrogen-bond donors (Lipinski definition) is 2. The number of carbonyl (C=O) groups is 1. The fourth-order valence-electron chi connectivity index (χ4n) is 3.89. The Bertz CT molecular complexity index is 1160. The van der Waals surface area contributed by atoms with Crippen molar-refractivity contribution in [3.05, 3.63) is 48.5 Å². The Kier molecular flexibility index (Phi) is 6.60. The molecule has 10 heteroatoms. The fraction of sp³-hybridized carbons (Fsp3) is 0.500. The SMILES string of the molecule is CC[C@H]1O[C@@H](n2cnc3c(NC(=O)c4ccccc4)ncnc32)C(O[Si](C)(C)C(C)(C)C)[C@H]1N. The van der Waals surface area contributed by atoms with Crippen molar-refractivity contribution in [2.75, 3.05) is 5.32 Å². The molecule has 0 spiro atoms. The van der Waals surface area contributed by atoms with E-state index in [1.54, 1.807) is 18.5 Å². The van der Waals surface area contributed by atoms with Gasteiger partial charge in [0.2, 0.25) is 0 Å². The Morgan fingerprint density at radius 3 is 2.56 bits per heavy atom. The van der Waals surface area contributed by atoms with Crippen LogP contribution in [0.15, 0.2) is 43.0 Å². The van der Waals surface area contributed by atoms with Crippen molar-refractivity contribution in [1.82, 2.24) is 19.5 Å². The van der Waals surface area contributed by atoms with Crippen LogP contribution >= 0.6 is 0 Å². The van der Waals surface area contributed by atoms with Crippen LogP contribution in [0, 0.1) is 0 Å². The van der Waals surface area contributed by atoms with Crippen LogP contribution in [0.1, 0.15) is 50.7 Å². The van der Waals surface area contributed by atoms with Crippen LogP contribution in [0.4, 0.5) is 5.82 Å². The van der Waals surface area contributed by atoms with E-state index in [1.165, 1.54) is 6.33 Å². The summed E-state index contributed by atoms with van der Waals surface area (Å²) in [5.74, 6) is 0.0771. The summed E-state index contributed by atoms with van der Waals surface area (Å²) >= 11 is 0. The van der Waals surface area contributed by atoms with Crippen LogP contribution in [0.2, 0.25) is 18.1 Å². The number of hydrogen-bond acceptors (Lipinski definition) is 7. The zero-order chi connectivity index (χ0) is 24.7. The molecule has 0 radical (unpaired) electrons. The second-order valence-electron chi connectivity index (χ2n) is 10.3. The number of nitrogens with zero attached hydrogens (tertiary/aromatic N) is 4. The lowest BCUT2D eigenvalue weighted by Gasteiger charge is -2.40. The van der Waals surface area contributed by atoms with Gasteiger partial charge in [0, 0.05) is 5.56 Å². The molecule has 1 amide bonds. The largest absolute Gasteiger partial charge is 0.408 e. The van der Waals surface area contributed by atoms with E-state index in [0.29, 0.717) is 22.5 Å². The Morgan fingerprint density at radius 2 is 1.91 bits per heavy atom. The van der Waals surface area contributed by atoms with E-state index in [9.17, 15) is 4.79 Å².